The highest BCUT2D eigenvalue weighted by Crippen LogP contribution is 2.44. The summed E-state index contributed by atoms with van der Waals surface area (Å²) in [5, 5.41) is -0.567. The van der Waals surface area contributed by atoms with E-state index in [-0.39, 0.29) is 15.9 Å². The van der Waals surface area contributed by atoms with Crippen molar-refractivity contribution in [3.63, 3.8) is 0 Å². The second-order valence-corrected chi connectivity index (χ2v) is 7.84. The van der Waals surface area contributed by atoms with Crippen molar-refractivity contribution in [2.45, 2.75) is 30.8 Å². The van der Waals surface area contributed by atoms with Gasteiger partial charge in [-0.25, -0.2) is 4.31 Å². The smallest absolute Gasteiger partial charge is 0.272 e. The molecule has 1 fully saturated rings. The first-order valence-electron chi connectivity index (χ1n) is 5.67. The van der Waals surface area contributed by atoms with Gasteiger partial charge in [-0.05, 0) is 50.0 Å². The highest BCUT2D eigenvalue weighted by molar-refractivity contribution is 8.17. The van der Waals surface area contributed by atoms with Crippen LogP contribution in [0, 0.1) is 0 Å². The molecule has 2 rings (SSSR count). The first-order valence-corrected chi connectivity index (χ1v) is 7.32. The summed E-state index contributed by atoms with van der Waals surface area (Å²) in [7, 11) is 0. The van der Waals surface area contributed by atoms with Gasteiger partial charge in [0.1, 0.15) is 5.25 Å². The van der Waals surface area contributed by atoms with Crippen molar-refractivity contribution in [1.82, 2.24) is 4.31 Å². The second-order valence-electron chi connectivity index (χ2n) is 5.01. The predicted molar refractivity (Wildman–Crippen MR) is 76.4 cm³/mol. The van der Waals surface area contributed by atoms with E-state index in [0.29, 0.717) is 0 Å². The summed E-state index contributed by atoms with van der Waals surface area (Å²) in [6, 6.07) is 9.43. The van der Waals surface area contributed by atoms with Gasteiger partial charge in [-0.15, -0.1) is 0 Å². The number of carbonyl (C=O) groups excluding carboxylic acids is 2. The Kier molecular flexibility index (Phi) is 3.73. The molecule has 1 aromatic rings. The van der Waals surface area contributed by atoms with Crippen LogP contribution in [0.4, 0.5) is 4.79 Å². The van der Waals surface area contributed by atoms with Crippen molar-refractivity contribution >= 4 is 34.9 Å². The van der Waals surface area contributed by atoms with E-state index in [2.05, 4.69) is 0 Å². The largest absolute Gasteiger partial charge is 0.299 e. The van der Waals surface area contributed by atoms with Crippen molar-refractivity contribution < 1.29 is 9.59 Å². The van der Waals surface area contributed by atoms with Gasteiger partial charge in [-0.2, -0.15) is 0 Å². The molecule has 0 saturated carbocycles. The van der Waals surface area contributed by atoms with E-state index in [1.54, 1.807) is 0 Å². The molecule has 0 spiro atoms. The van der Waals surface area contributed by atoms with E-state index in [0.717, 1.165) is 17.3 Å². The molecule has 1 unspecified atom stereocenters. The third kappa shape index (κ3) is 2.90. The van der Waals surface area contributed by atoms with Crippen LogP contribution < -0.4 is 0 Å². The molecule has 0 aromatic heterocycles. The molecule has 3 nitrogen and oxygen atoms in total. The minimum Gasteiger partial charge on any atom is -0.272 e. The molecule has 96 valence electrons. The van der Waals surface area contributed by atoms with Gasteiger partial charge < -0.3 is 0 Å². The summed E-state index contributed by atoms with van der Waals surface area (Å²) in [5.74, 6) is -0.129. The Bertz CT molecular complexity index is 468. The van der Waals surface area contributed by atoms with Gasteiger partial charge in [-0.1, -0.05) is 30.3 Å². The lowest BCUT2D eigenvalue weighted by Crippen LogP contribution is -2.28. The van der Waals surface area contributed by atoms with E-state index in [9.17, 15) is 9.59 Å². The molecule has 1 aliphatic rings. The van der Waals surface area contributed by atoms with Crippen molar-refractivity contribution in [3.05, 3.63) is 35.9 Å². The SMILES string of the molecule is CC(C)(C)SN1C(=O)SC(c2ccccc2)C1=O. The summed E-state index contributed by atoms with van der Waals surface area (Å²) in [4.78, 5) is 24.2. The third-order valence-corrected chi connectivity index (χ3v) is 4.56. The average molecular weight is 281 g/mol. The zero-order chi connectivity index (χ0) is 13.3. The zero-order valence-electron chi connectivity index (χ0n) is 10.5. The molecule has 0 N–H and O–H groups in total. The highest BCUT2D eigenvalue weighted by atomic mass is 32.2. The first-order chi connectivity index (χ1) is 8.38. The molecule has 1 saturated heterocycles. The number of thioether (sulfide) groups is 1. The molecular formula is C13H15NO2S2. The van der Waals surface area contributed by atoms with E-state index < -0.39 is 5.25 Å². The van der Waals surface area contributed by atoms with Crippen molar-refractivity contribution in [1.29, 1.82) is 0 Å². The minimum atomic E-state index is -0.395. The molecule has 18 heavy (non-hydrogen) atoms. The standard InChI is InChI=1S/C13H15NO2S2/c1-13(2,3)18-14-11(15)10(17-12(14)16)9-7-5-4-6-8-9/h4-8,10H,1-3H3. The van der Waals surface area contributed by atoms with Gasteiger partial charge in [0.15, 0.2) is 0 Å². The molecule has 0 aliphatic carbocycles. The molecule has 1 atom stereocenters. The van der Waals surface area contributed by atoms with Crippen LogP contribution in [-0.4, -0.2) is 20.2 Å². The number of carbonyl (C=O) groups is 2. The summed E-state index contributed by atoms with van der Waals surface area (Å²) in [5.41, 5.74) is 0.887. The molecule has 0 radical (unpaired) electrons. The number of hydrogen-bond donors (Lipinski definition) is 0. The number of nitrogens with zero attached hydrogens (tertiary/aromatic N) is 1. The lowest BCUT2D eigenvalue weighted by atomic mass is 10.1. The van der Waals surface area contributed by atoms with Crippen molar-refractivity contribution in [3.8, 4) is 0 Å². The topological polar surface area (TPSA) is 37.4 Å². The van der Waals surface area contributed by atoms with Crippen LogP contribution in [0.15, 0.2) is 30.3 Å². The van der Waals surface area contributed by atoms with Crippen LogP contribution >= 0.6 is 23.7 Å². The maximum absolute atomic E-state index is 12.3. The van der Waals surface area contributed by atoms with E-state index >= 15 is 0 Å². The maximum Gasteiger partial charge on any atom is 0.299 e. The molecule has 2 amide bonds. The molecule has 5 heteroatoms. The maximum atomic E-state index is 12.3. The van der Waals surface area contributed by atoms with Crippen molar-refractivity contribution in [2.75, 3.05) is 0 Å². The van der Waals surface area contributed by atoms with E-state index in [1.807, 2.05) is 51.1 Å². The number of rotatable bonds is 2. The molecule has 1 aliphatic heterocycles. The summed E-state index contributed by atoms with van der Waals surface area (Å²) in [6.07, 6.45) is 0. The molecule has 1 aromatic carbocycles. The third-order valence-electron chi connectivity index (χ3n) is 2.28. The van der Waals surface area contributed by atoms with Crippen LogP contribution in [0.2, 0.25) is 0 Å². The fourth-order valence-electron chi connectivity index (χ4n) is 1.59. The first kappa shape index (κ1) is 13.5. The summed E-state index contributed by atoms with van der Waals surface area (Å²) < 4.78 is 1.14. The Morgan fingerprint density at radius 3 is 2.33 bits per heavy atom. The Morgan fingerprint density at radius 1 is 1.17 bits per heavy atom. The van der Waals surface area contributed by atoms with Crippen LogP contribution in [0.25, 0.3) is 0 Å². The number of imide groups is 1. The second kappa shape index (κ2) is 4.97. The van der Waals surface area contributed by atoms with Gasteiger partial charge in [0.05, 0.1) is 0 Å². The van der Waals surface area contributed by atoms with Crippen LogP contribution in [0.3, 0.4) is 0 Å². The fourth-order valence-corrected chi connectivity index (χ4v) is 3.60. The van der Waals surface area contributed by atoms with Crippen LogP contribution in [0.1, 0.15) is 31.6 Å². The monoisotopic (exact) mass is 281 g/mol. The lowest BCUT2D eigenvalue weighted by Gasteiger charge is -2.22. The highest BCUT2D eigenvalue weighted by Gasteiger charge is 2.42. The Balaban J connectivity index is 2.20. The van der Waals surface area contributed by atoms with E-state index in [4.69, 9.17) is 0 Å². The molecular weight excluding hydrogens is 266 g/mol. The van der Waals surface area contributed by atoms with E-state index in [1.165, 1.54) is 16.3 Å². The lowest BCUT2D eigenvalue weighted by molar-refractivity contribution is -0.123. The molecule has 1 heterocycles. The number of hydrogen-bond acceptors (Lipinski definition) is 4. The van der Waals surface area contributed by atoms with Gasteiger partial charge >= 0.3 is 0 Å². The Hall–Kier alpha value is -0.940. The zero-order valence-corrected chi connectivity index (χ0v) is 12.2. The molecule has 0 bridgehead atoms. The normalized spacial score (nSPS) is 20.6. The predicted octanol–water partition coefficient (Wildman–Crippen LogP) is 3.87. The summed E-state index contributed by atoms with van der Waals surface area (Å²) in [6.45, 7) is 5.95. The van der Waals surface area contributed by atoms with Gasteiger partial charge in [0, 0.05) is 4.75 Å². The van der Waals surface area contributed by atoms with Crippen LogP contribution in [0.5, 0.6) is 0 Å². The van der Waals surface area contributed by atoms with Crippen molar-refractivity contribution in [2.24, 2.45) is 0 Å². The Morgan fingerprint density at radius 2 is 1.78 bits per heavy atom. The quantitative estimate of drug-likeness (QED) is 0.771. The summed E-state index contributed by atoms with van der Waals surface area (Å²) >= 11 is 2.38. The fraction of sp³-hybridized carbons (Fsp3) is 0.385. The Labute approximate surface area is 115 Å². The number of benzene rings is 1. The minimum absolute atomic E-state index is 0.129. The average Bonchev–Trinajstić information content (AvgIpc) is 2.56. The van der Waals surface area contributed by atoms with Gasteiger partial charge in [0.25, 0.3) is 11.1 Å². The van der Waals surface area contributed by atoms with Gasteiger partial charge in [-0.3, -0.25) is 9.59 Å². The van der Waals surface area contributed by atoms with Gasteiger partial charge in [0.2, 0.25) is 0 Å². The van der Waals surface area contributed by atoms with Crippen LogP contribution in [-0.2, 0) is 4.79 Å². The number of amides is 2.